The summed E-state index contributed by atoms with van der Waals surface area (Å²) in [5.41, 5.74) is 0. The van der Waals surface area contributed by atoms with Gasteiger partial charge in [-0.1, -0.05) is 0 Å². The molecule has 0 radical (unpaired) electrons. The lowest BCUT2D eigenvalue weighted by molar-refractivity contribution is 0.0636. The summed E-state index contributed by atoms with van der Waals surface area (Å²) in [5.74, 6) is 1.39. The SMILES string of the molecule is CCOCC1CCN(Cn2nc(CO)n(C3CC3)c2=S)CC1. The number of nitrogens with zero attached hydrogens (tertiary/aromatic N) is 4. The lowest BCUT2D eigenvalue weighted by Crippen LogP contribution is -2.36. The van der Waals surface area contributed by atoms with Gasteiger partial charge < -0.3 is 9.84 Å². The van der Waals surface area contributed by atoms with Gasteiger partial charge in [-0.15, -0.1) is 0 Å². The number of aromatic nitrogens is 3. The Balaban J connectivity index is 1.59. The van der Waals surface area contributed by atoms with Gasteiger partial charge in [0, 0.05) is 32.3 Å². The minimum absolute atomic E-state index is 0.0381. The van der Waals surface area contributed by atoms with Crippen molar-refractivity contribution in [1.29, 1.82) is 0 Å². The predicted molar refractivity (Wildman–Crippen MR) is 86.0 cm³/mol. The van der Waals surface area contributed by atoms with E-state index >= 15 is 0 Å². The van der Waals surface area contributed by atoms with Crippen LogP contribution in [0.1, 0.15) is 44.5 Å². The van der Waals surface area contributed by atoms with E-state index in [-0.39, 0.29) is 6.61 Å². The number of ether oxygens (including phenoxy) is 1. The Labute approximate surface area is 136 Å². The molecule has 3 rings (SSSR count). The van der Waals surface area contributed by atoms with Crippen molar-refractivity contribution >= 4 is 12.2 Å². The molecule has 1 aromatic rings. The number of aliphatic hydroxyl groups excluding tert-OH is 1. The molecule has 1 aliphatic heterocycles. The zero-order valence-electron chi connectivity index (χ0n) is 13.3. The van der Waals surface area contributed by atoms with Crippen molar-refractivity contribution in [2.45, 2.75) is 51.9 Å². The summed E-state index contributed by atoms with van der Waals surface area (Å²) < 4.78 is 10.2. The zero-order chi connectivity index (χ0) is 15.5. The molecule has 0 bridgehead atoms. The molecule has 1 N–H and O–H groups in total. The fourth-order valence-corrected chi connectivity index (χ4v) is 3.49. The summed E-state index contributed by atoms with van der Waals surface area (Å²) in [7, 11) is 0. The minimum Gasteiger partial charge on any atom is -0.388 e. The third-order valence-electron chi connectivity index (χ3n) is 4.59. The molecule has 1 saturated heterocycles. The Kier molecular flexibility index (Phi) is 5.28. The molecule has 0 spiro atoms. The maximum absolute atomic E-state index is 9.49. The van der Waals surface area contributed by atoms with Gasteiger partial charge in [0.15, 0.2) is 10.6 Å². The van der Waals surface area contributed by atoms with E-state index in [1.807, 2.05) is 16.2 Å². The molecular formula is C15H26N4O2S. The molecule has 0 atom stereocenters. The average molecular weight is 326 g/mol. The highest BCUT2D eigenvalue weighted by molar-refractivity contribution is 7.71. The Morgan fingerprint density at radius 2 is 2.00 bits per heavy atom. The van der Waals surface area contributed by atoms with Crippen LogP contribution in [0, 0.1) is 10.7 Å². The van der Waals surface area contributed by atoms with E-state index in [2.05, 4.69) is 10.00 Å². The van der Waals surface area contributed by atoms with Crippen molar-refractivity contribution in [2.75, 3.05) is 26.3 Å². The van der Waals surface area contributed by atoms with E-state index < -0.39 is 0 Å². The fourth-order valence-electron chi connectivity index (χ4n) is 3.13. The third kappa shape index (κ3) is 3.59. The van der Waals surface area contributed by atoms with E-state index in [9.17, 15) is 5.11 Å². The van der Waals surface area contributed by atoms with E-state index in [0.717, 1.165) is 50.6 Å². The standard InChI is InChI=1S/C15H26N4O2S/c1-2-21-10-12-5-7-17(8-6-12)11-18-15(22)19(13-3-4-13)14(9-20)16-18/h12-13,20H,2-11H2,1H3. The molecule has 1 aromatic heterocycles. The molecule has 6 nitrogen and oxygen atoms in total. The quantitative estimate of drug-likeness (QED) is 0.776. The predicted octanol–water partition coefficient (Wildman–Crippen LogP) is 1.95. The van der Waals surface area contributed by atoms with E-state index in [1.54, 1.807) is 0 Å². The minimum atomic E-state index is -0.0381. The summed E-state index contributed by atoms with van der Waals surface area (Å²) >= 11 is 5.55. The molecule has 0 unspecified atom stereocenters. The van der Waals surface area contributed by atoms with Gasteiger partial charge >= 0.3 is 0 Å². The number of piperidine rings is 1. The monoisotopic (exact) mass is 326 g/mol. The van der Waals surface area contributed by atoms with Crippen LogP contribution in [0.2, 0.25) is 0 Å². The molecule has 22 heavy (non-hydrogen) atoms. The zero-order valence-corrected chi connectivity index (χ0v) is 14.1. The van der Waals surface area contributed by atoms with Gasteiger partial charge in [-0.3, -0.25) is 9.47 Å². The molecule has 0 aromatic carbocycles. The van der Waals surface area contributed by atoms with Crippen LogP contribution in [0.4, 0.5) is 0 Å². The Hall–Kier alpha value is -0.760. The van der Waals surface area contributed by atoms with Crippen molar-refractivity contribution in [1.82, 2.24) is 19.2 Å². The van der Waals surface area contributed by atoms with Gasteiger partial charge in [0.25, 0.3) is 0 Å². The molecule has 124 valence electrons. The molecule has 0 amide bonds. The van der Waals surface area contributed by atoms with Gasteiger partial charge in [0.2, 0.25) is 0 Å². The normalized spacial score (nSPS) is 20.6. The Bertz CT molecular complexity index is 544. The summed E-state index contributed by atoms with van der Waals surface area (Å²) in [5, 5.41) is 14.0. The molecule has 2 aliphatic rings. The maximum Gasteiger partial charge on any atom is 0.199 e. The second-order valence-corrected chi connectivity index (χ2v) is 6.69. The topological polar surface area (TPSA) is 55.4 Å². The molecule has 7 heteroatoms. The molecular weight excluding hydrogens is 300 g/mol. The van der Waals surface area contributed by atoms with E-state index in [4.69, 9.17) is 17.0 Å². The first-order valence-corrected chi connectivity index (χ1v) is 8.73. The lowest BCUT2D eigenvalue weighted by atomic mass is 9.98. The molecule has 1 saturated carbocycles. The lowest BCUT2D eigenvalue weighted by Gasteiger charge is -2.31. The van der Waals surface area contributed by atoms with E-state index in [1.165, 1.54) is 12.8 Å². The van der Waals surface area contributed by atoms with Crippen LogP contribution < -0.4 is 0 Å². The van der Waals surface area contributed by atoms with Crippen LogP contribution in [0.15, 0.2) is 0 Å². The highest BCUT2D eigenvalue weighted by atomic mass is 32.1. The maximum atomic E-state index is 9.49. The van der Waals surface area contributed by atoms with Gasteiger partial charge in [-0.05, 0) is 50.7 Å². The van der Waals surface area contributed by atoms with Crippen molar-refractivity contribution in [3.8, 4) is 0 Å². The first-order valence-electron chi connectivity index (χ1n) is 8.32. The summed E-state index contributed by atoms with van der Waals surface area (Å²) in [6.45, 7) is 6.55. The second kappa shape index (κ2) is 7.21. The number of aliphatic hydroxyl groups is 1. The molecule has 2 fully saturated rings. The van der Waals surface area contributed by atoms with Crippen molar-refractivity contribution < 1.29 is 9.84 Å². The summed E-state index contributed by atoms with van der Waals surface area (Å²) in [4.78, 5) is 2.39. The number of rotatable bonds is 7. The first kappa shape index (κ1) is 16.1. The van der Waals surface area contributed by atoms with Crippen molar-refractivity contribution in [3.05, 3.63) is 10.6 Å². The van der Waals surface area contributed by atoms with Crippen LogP contribution in [0.25, 0.3) is 0 Å². The molecule has 2 heterocycles. The number of hydrogen-bond donors (Lipinski definition) is 1. The van der Waals surface area contributed by atoms with Crippen LogP contribution in [-0.4, -0.2) is 50.7 Å². The van der Waals surface area contributed by atoms with Gasteiger partial charge in [0.05, 0.1) is 6.67 Å². The Morgan fingerprint density at radius 1 is 1.27 bits per heavy atom. The van der Waals surface area contributed by atoms with Crippen LogP contribution >= 0.6 is 12.2 Å². The third-order valence-corrected chi connectivity index (χ3v) is 5.00. The van der Waals surface area contributed by atoms with E-state index in [0.29, 0.717) is 17.8 Å². The number of likely N-dealkylation sites (tertiary alicyclic amines) is 1. The van der Waals surface area contributed by atoms with Crippen molar-refractivity contribution in [3.63, 3.8) is 0 Å². The smallest absolute Gasteiger partial charge is 0.199 e. The summed E-state index contributed by atoms with van der Waals surface area (Å²) in [6.07, 6.45) is 4.64. The Morgan fingerprint density at radius 3 is 2.59 bits per heavy atom. The van der Waals surface area contributed by atoms with Crippen LogP contribution in [-0.2, 0) is 18.0 Å². The van der Waals surface area contributed by atoms with Crippen LogP contribution in [0.3, 0.4) is 0 Å². The van der Waals surface area contributed by atoms with Gasteiger partial charge in [0.1, 0.15) is 6.61 Å². The second-order valence-electron chi connectivity index (χ2n) is 6.32. The average Bonchev–Trinajstić information content (AvgIpc) is 3.32. The number of hydrogen-bond acceptors (Lipinski definition) is 5. The highest BCUT2D eigenvalue weighted by Crippen LogP contribution is 2.36. The fraction of sp³-hybridized carbons (Fsp3) is 0.867. The van der Waals surface area contributed by atoms with Crippen LogP contribution in [0.5, 0.6) is 0 Å². The first-order chi connectivity index (χ1) is 10.7. The van der Waals surface area contributed by atoms with Gasteiger partial charge in [-0.25, -0.2) is 4.68 Å². The highest BCUT2D eigenvalue weighted by Gasteiger charge is 2.28. The largest absolute Gasteiger partial charge is 0.388 e. The summed E-state index contributed by atoms with van der Waals surface area (Å²) in [6, 6.07) is 0.459. The molecule has 1 aliphatic carbocycles. The van der Waals surface area contributed by atoms with Gasteiger partial charge in [-0.2, -0.15) is 5.10 Å². The van der Waals surface area contributed by atoms with Crippen molar-refractivity contribution in [2.24, 2.45) is 5.92 Å².